The van der Waals surface area contributed by atoms with Crippen LogP contribution in [-0.2, 0) is 0 Å². The van der Waals surface area contributed by atoms with E-state index in [9.17, 15) is 0 Å². The number of aromatic nitrogens is 1. The second kappa shape index (κ2) is 5.57. The first-order valence-corrected chi connectivity index (χ1v) is 7.37. The van der Waals surface area contributed by atoms with Gasteiger partial charge in [-0.3, -0.25) is 0 Å². The molecule has 1 rings (SSSR count). The third kappa shape index (κ3) is 3.23. The number of nitrogens with one attached hydrogen (secondary N) is 1. The number of aryl methyl sites for hydroxylation is 1. The van der Waals surface area contributed by atoms with E-state index in [1.807, 2.05) is 7.05 Å². The van der Waals surface area contributed by atoms with Crippen LogP contribution >= 0.6 is 11.3 Å². The van der Waals surface area contributed by atoms with Gasteiger partial charge in [0.25, 0.3) is 0 Å². The molecule has 0 aliphatic heterocycles. The van der Waals surface area contributed by atoms with Crippen LogP contribution in [0.5, 0.6) is 0 Å². The van der Waals surface area contributed by atoms with E-state index in [1.165, 1.54) is 4.88 Å². The molecule has 0 aromatic carbocycles. The maximum absolute atomic E-state index is 4.72. The molecule has 0 bridgehead atoms. The van der Waals surface area contributed by atoms with Crippen molar-refractivity contribution in [3.05, 3.63) is 10.6 Å². The van der Waals surface area contributed by atoms with E-state index in [1.54, 1.807) is 11.3 Å². The van der Waals surface area contributed by atoms with Crippen LogP contribution in [0, 0.1) is 12.3 Å². The van der Waals surface area contributed by atoms with Crippen molar-refractivity contribution in [3.63, 3.8) is 0 Å². The predicted molar refractivity (Wildman–Crippen MR) is 81.6 cm³/mol. The fourth-order valence-corrected chi connectivity index (χ4v) is 2.99. The lowest BCUT2D eigenvalue weighted by Crippen LogP contribution is -2.39. The molecule has 1 N–H and O–H groups in total. The zero-order chi connectivity index (χ0) is 14.1. The number of hydrogen-bond donors (Lipinski definition) is 1. The van der Waals surface area contributed by atoms with Crippen LogP contribution < -0.4 is 10.2 Å². The summed E-state index contributed by atoms with van der Waals surface area (Å²) in [7, 11) is 4.13. The maximum atomic E-state index is 4.72. The second-order valence-electron chi connectivity index (χ2n) is 6.11. The summed E-state index contributed by atoms with van der Waals surface area (Å²) < 4.78 is 0. The Hall–Kier alpha value is -0.610. The molecule has 2 atom stereocenters. The molecule has 4 heteroatoms. The summed E-state index contributed by atoms with van der Waals surface area (Å²) in [5.74, 6) is 0. The largest absolute Gasteiger partial charge is 0.348 e. The Morgan fingerprint density at radius 1 is 1.28 bits per heavy atom. The van der Waals surface area contributed by atoms with Gasteiger partial charge in [0.1, 0.15) is 0 Å². The van der Waals surface area contributed by atoms with E-state index < -0.39 is 0 Å². The molecule has 3 nitrogen and oxygen atoms in total. The Kier molecular flexibility index (Phi) is 4.78. The van der Waals surface area contributed by atoms with Crippen LogP contribution in [0.1, 0.15) is 51.2 Å². The van der Waals surface area contributed by atoms with Gasteiger partial charge in [0.15, 0.2) is 5.13 Å². The molecule has 104 valence electrons. The Balaban J connectivity index is 2.98. The topological polar surface area (TPSA) is 28.2 Å². The Bertz CT molecular complexity index is 392. The van der Waals surface area contributed by atoms with Crippen molar-refractivity contribution >= 4 is 16.5 Å². The van der Waals surface area contributed by atoms with Gasteiger partial charge in [0, 0.05) is 24.0 Å². The van der Waals surface area contributed by atoms with E-state index in [4.69, 9.17) is 4.98 Å². The van der Waals surface area contributed by atoms with Gasteiger partial charge in [-0.15, -0.1) is 11.3 Å². The van der Waals surface area contributed by atoms with Crippen molar-refractivity contribution in [2.75, 3.05) is 19.0 Å². The second-order valence-corrected chi connectivity index (χ2v) is 7.12. The normalized spacial score (nSPS) is 15.6. The Morgan fingerprint density at radius 3 is 2.28 bits per heavy atom. The van der Waals surface area contributed by atoms with Crippen molar-refractivity contribution < 1.29 is 0 Å². The minimum atomic E-state index is 0.253. The lowest BCUT2D eigenvalue weighted by atomic mass is 9.87. The first-order valence-electron chi connectivity index (χ1n) is 6.56. The van der Waals surface area contributed by atoms with Gasteiger partial charge in [0.2, 0.25) is 0 Å². The van der Waals surface area contributed by atoms with Gasteiger partial charge in [0.05, 0.1) is 5.69 Å². The van der Waals surface area contributed by atoms with E-state index in [0.717, 1.165) is 10.8 Å². The highest BCUT2D eigenvalue weighted by molar-refractivity contribution is 7.15. The molecule has 0 radical (unpaired) electrons. The minimum absolute atomic E-state index is 0.253. The van der Waals surface area contributed by atoms with E-state index in [-0.39, 0.29) is 5.41 Å². The third-order valence-corrected chi connectivity index (χ3v) is 5.21. The number of hydrogen-bond acceptors (Lipinski definition) is 4. The van der Waals surface area contributed by atoms with Gasteiger partial charge in [-0.05, 0) is 33.2 Å². The van der Waals surface area contributed by atoms with Crippen LogP contribution in [0.15, 0.2) is 0 Å². The SMILES string of the molecule is CNC(C)c1sc(N(C)C(C)C(C)(C)C)nc1C. The molecule has 0 aliphatic carbocycles. The van der Waals surface area contributed by atoms with E-state index >= 15 is 0 Å². The Morgan fingerprint density at radius 2 is 1.83 bits per heavy atom. The molecule has 0 fully saturated rings. The van der Waals surface area contributed by atoms with Crippen LogP contribution in [0.4, 0.5) is 5.13 Å². The molecule has 1 aromatic heterocycles. The lowest BCUT2D eigenvalue weighted by molar-refractivity contribution is 0.329. The fraction of sp³-hybridized carbons (Fsp3) is 0.786. The van der Waals surface area contributed by atoms with Crippen molar-refractivity contribution in [2.45, 2.75) is 53.6 Å². The number of nitrogens with zero attached hydrogens (tertiary/aromatic N) is 2. The molecular weight excluding hydrogens is 242 g/mol. The number of anilines is 1. The molecule has 0 amide bonds. The maximum Gasteiger partial charge on any atom is 0.185 e. The zero-order valence-corrected chi connectivity index (χ0v) is 13.8. The number of rotatable bonds is 4. The van der Waals surface area contributed by atoms with Crippen LogP contribution in [-0.4, -0.2) is 25.1 Å². The molecule has 0 aliphatic rings. The van der Waals surface area contributed by atoms with Gasteiger partial charge >= 0.3 is 0 Å². The molecule has 18 heavy (non-hydrogen) atoms. The summed E-state index contributed by atoms with van der Waals surface area (Å²) in [6.07, 6.45) is 0. The molecular formula is C14H27N3S. The first kappa shape index (κ1) is 15.4. The molecule has 0 saturated carbocycles. The van der Waals surface area contributed by atoms with E-state index in [2.05, 4.69) is 58.8 Å². The summed E-state index contributed by atoms with van der Waals surface area (Å²) in [5, 5.41) is 4.40. The quantitative estimate of drug-likeness (QED) is 0.905. The van der Waals surface area contributed by atoms with Crippen LogP contribution in [0.2, 0.25) is 0 Å². The average Bonchev–Trinajstić information content (AvgIpc) is 2.67. The average molecular weight is 269 g/mol. The predicted octanol–water partition coefficient (Wildman–Crippen LogP) is 3.60. The summed E-state index contributed by atoms with van der Waals surface area (Å²) >= 11 is 1.80. The van der Waals surface area contributed by atoms with Gasteiger partial charge in [-0.2, -0.15) is 0 Å². The molecule has 0 saturated heterocycles. The third-order valence-electron chi connectivity index (χ3n) is 3.78. The van der Waals surface area contributed by atoms with Crippen molar-refractivity contribution in [1.29, 1.82) is 0 Å². The zero-order valence-electron chi connectivity index (χ0n) is 13.0. The van der Waals surface area contributed by atoms with Gasteiger partial charge < -0.3 is 10.2 Å². The molecule has 0 spiro atoms. The van der Waals surface area contributed by atoms with Gasteiger partial charge in [-0.1, -0.05) is 20.8 Å². The molecule has 1 aromatic rings. The first-order chi connectivity index (χ1) is 8.18. The highest BCUT2D eigenvalue weighted by Crippen LogP contribution is 2.33. The Labute approximate surface area is 116 Å². The number of thiazole rings is 1. The van der Waals surface area contributed by atoms with E-state index in [0.29, 0.717) is 12.1 Å². The standard InChI is InChI=1S/C14H27N3S/c1-9(15-7)12-10(2)16-13(18-12)17(8)11(3)14(4,5)6/h9,11,15H,1-8H3. The summed E-state index contributed by atoms with van der Waals surface area (Å²) in [6, 6.07) is 0.829. The van der Waals surface area contributed by atoms with Crippen molar-refractivity contribution in [1.82, 2.24) is 10.3 Å². The summed E-state index contributed by atoms with van der Waals surface area (Å²) in [6.45, 7) is 13.3. The highest BCUT2D eigenvalue weighted by Gasteiger charge is 2.26. The lowest BCUT2D eigenvalue weighted by Gasteiger charge is -2.35. The van der Waals surface area contributed by atoms with Crippen LogP contribution in [0.25, 0.3) is 0 Å². The smallest absolute Gasteiger partial charge is 0.185 e. The summed E-state index contributed by atoms with van der Waals surface area (Å²) in [5.41, 5.74) is 1.40. The summed E-state index contributed by atoms with van der Waals surface area (Å²) in [4.78, 5) is 8.35. The fourth-order valence-electron chi connectivity index (χ4n) is 1.82. The van der Waals surface area contributed by atoms with Crippen molar-refractivity contribution in [3.8, 4) is 0 Å². The van der Waals surface area contributed by atoms with Gasteiger partial charge in [-0.25, -0.2) is 4.98 Å². The minimum Gasteiger partial charge on any atom is -0.348 e. The monoisotopic (exact) mass is 269 g/mol. The molecule has 2 unspecified atom stereocenters. The molecule has 1 heterocycles. The van der Waals surface area contributed by atoms with Crippen molar-refractivity contribution in [2.24, 2.45) is 5.41 Å². The van der Waals surface area contributed by atoms with Crippen LogP contribution in [0.3, 0.4) is 0 Å². The highest BCUT2D eigenvalue weighted by atomic mass is 32.1.